The van der Waals surface area contributed by atoms with E-state index in [1.165, 1.54) is 7.11 Å². The van der Waals surface area contributed by atoms with Gasteiger partial charge >= 0.3 is 0 Å². The van der Waals surface area contributed by atoms with Crippen molar-refractivity contribution in [3.8, 4) is 5.75 Å². The molecule has 0 aliphatic heterocycles. The second-order valence-electron chi connectivity index (χ2n) is 3.18. The first-order valence-electron chi connectivity index (χ1n) is 4.46. The van der Waals surface area contributed by atoms with Gasteiger partial charge in [0.2, 0.25) is 0 Å². The van der Waals surface area contributed by atoms with E-state index in [0.29, 0.717) is 6.07 Å². The van der Waals surface area contributed by atoms with Crippen LogP contribution >= 0.6 is 11.6 Å². The summed E-state index contributed by atoms with van der Waals surface area (Å²) >= 11 is 5.33. The van der Waals surface area contributed by atoms with Crippen molar-refractivity contribution in [2.75, 3.05) is 13.0 Å². The smallest absolute Gasteiger partial charge is 0.168 e. The lowest BCUT2D eigenvalue weighted by molar-refractivity contribution is 0.0307. The van der Waals surface area contributed by atoms with Crippen molar-refractivity contribution >= 4 is 11.6 Å². The van der Waals surface area contributed by atoms with Crippen molar-refractivity contribution in [3.05, 3.63) is 29.3 Å². The Bertz CT molecular complexity index is 373. The van der Waals surface area contributed by atoms with E-state index in [0.717, 1.165) is 6.07 Å². The van der Waals surface area contributed by atoms with Gasteiger partial charge in [0.1, 0.15) is 11.9 Å². The molecule has 0 aliphatic rings. The summed E-state index contributed by atoms with van der Waals surface area (Å²) in [6.45, 7) is 0. The van der Waals surface area contributed by atoms with Crippen molar-refractivity contribution in [1.29, 1.82) is 0 Å². The average Bonchev–Trinajstić information content (AvgIpc) is 2.26. The van der Waals surface area contributed by atoms with Gasteiger partial charge in [0.05, 0.1) is 19.1 Å². The molecule has 0 amide bonds. The summed E-state index contributed by atoms with van der Waals surface area (Å²) in [4.78, 5) is 0. The lowest BCUT2D eigenvalue weighted by Gasteiger charge is -2.18. The van der Waals surface area contributed by atoms with Gasteiger partial charge < -0.3 is 14.9 Å². The molecule has 6 heteroatoms. The third kappa shape index (κ3) is 2.61. The molecular formula is C10H11ClF2O3. The molecule has 3 nitrogen and oxygen atoms in total. The van der Waals surface area contributed by atoms with Crippen LogP contribution < -0.4 is 4.74 Å². The third-order valence-corrected chi connectivity index (χ3v) is 2.40. The second-order valence-corrected chi connectivity index (χ2v) is 3.49. The third-order valence-electron chi connectivity index (χ3n) is 2.08. The normalized spacial score (nSPS) is 14.6. The maximum Gasteiger partial charge on any atom is 0.168 e. The highest BCUT2D eigenvalue weighted by Gasteiger charge is 2.24. The Balaban J connectivity index is 3.20. The van der Waals surface area contributed by atoms with Crippen molar-refractivity contribution in [2.24, 2.45) is 0 Å². The number of benzene rings is 1. The molecule has 2 N–H and O–H groups in total. The number of hydrogen-bond acceptors (Lipinski definition) is 3. The number of methoxy groups -OCH3 is 1. The largest absolute Gasteiger partial charge is 0.493 e. The van der Waals surface area contributed by atoms with Crippen molar-refractivity contribution in [2.45, 2.75) is 12.2 Å². The quantitative estimate of drug-likeness (QED) is 0.801. The molecule has 0 spiro atoms. The summed E-state index contributed by atoms with van der Waals surface area (Å²) in [5.41, 5.74) is -0.173. The Hall–Kier alpha value is -0.910. The Labute approximate surface area is 96.2 Å². The number of aliphatic hydroxyl groups excluding tert-OH is 2. The zero-order chi connectivity index (χ0) is 12.3. The number of rotatable bonds is 4. The molecule has 0 aliphatic carbocycles. The first-order valence-corrected chi connectivity index (χ1v) is 4.99. The van der Waals surface area contributed by atoms with Crippen LogP contribution in [-0.2, 0) is 0 Å². The van der Waals surface area contributed by atoms with Gasteiger partial charge in [-0.25, -0.2) is 8.78 Å². The summed E-state index contributed by atoms with van der Waals surface area (Å²) in [7, 11) is 1.18. The van der Waals surface area contributed by atoms with Crippen LogP contribution in [0.3, 0.4) is 0 Å². The van der Waals surface area contributed by atoms with Gasteiger partial charge in [-0.05, 0) is 6.07 Å². The summed E-state index contributed by atoms with van der Waals surface area (Å²) in [6, 6.07) is 1.52. The monoisotopic (exact) mass is 252 g/mol. The molecule has 0 bridgehead atoms. The fourth-order valence-corrected chi connectivity index (χ4v) is 1.48. The zero-order valence-electron chi connectivity index (χ0n) is 8.45. The molecule has 0 aromatic heterocycles. The highest BCUT2D eigenvalue weighted by Crippen LogP contribution is 2.31. The molecule has 2 unspecified atom stereocenters. The van der Waals surface area contributed by atoms with Crippen LogP contribution in [0.2, 0.25) is 0 Å². The maximum absolute atomic E-state index is 13.2. The van der Waals surface area contributed by atoms with Gasteiger partial charge in [0.25, 0.3) is 0 Å². The minimum absolute atomic E-state index is 0.173. The number of ether oxygens (including phenoxy) is 1. The van der Waals surface area contributed by atoms with E-state index in [1.54, 1.807) is 0 Å². The van der Waals surface area contributed by atoms with Crippen LogP contribution in [0.15, 0.2) is 12.1 Å². The average molecular weight is 253 g/mol. The standard InChI is InChI=1S/C10H11ClF2O3/c1-16-10-6(9(15)8(14)4-11)2-5(12)3-7(10)13/h2-3,8-9,14-15H,4H2,1H3. The lowest BCUT2D eigenvalue weighted by Crippen LogP contribution is -2.20. The molecule has 1 rings (SSSR count). The van der Waals surface area contributed by atoms with Gasteiger partial charge in [0, 0.05) is 11.6 Å². The van der Waals surface area contributed by atoms with Gasteiger partial charge in [-0.3, -0.25) is 0 Å². The molecular weight excluding hydrogens is 242 g/mol. The predicted molar refractivity (Wildman–Crippen MR) is 54.6 cm³/mol. The van der Waals surface area contributed by atoms with Crippen LogP contribution in [0, 0.1) is 11.6 Å². The first-order chi connectivity index (χ1) is 7.51. The van der Waals surface area contributed by atoms with Gasteiger partial charge in [-0.1, -0.05) is 0 Å². The van der Waals surface area contributed by atoms with Crippen LogP contribution in [0.5, 0.6) is 5.75 Å². The fourth-order valence-electron chi connectivity index (χ4n) is 1.31. The number of alkyl halides is 1. The van der Waals surface area contributed by atoms with Crippen molar-refractivity contribution in [1.82, 2.24) is 0 Å². The Kier molecular flexibility index (Phi) is 4.46. The highest BCUT2D eigenvalue weighted by atomic mass is 35.5. The zero-order valence-corrected chi connectivity index (χ0v) is 9.21. The number of hydrogen-bond donors (Lipinski definition) is 2. The topological polar surface area (TPSA) is 49.7 Å². The van der Waals surface area contributed by atoms with Gasteiger partial charge in [0.15, 0.2) is 11.6 Å². The van der Waals surface area contributed by atoms with Crippen molar-refractivity contribution < 1.29 is 23.7 Å². The molecule has 90 valence electrons. The second kappa shape index (κ2) is 5.43. The lowest BCUT2D eigenvalue weighted by atomic mass is 10.0. The predicted octanol–water partition coefficient (Wildman–Crippen LogP) is 1.61. The van der Waals surface area contributed by atoms with Gasteiger partial charge in [-0.15, -0.1) is 11.6 Å². The van der Waals surface area contributed by atoms with E-state index in [-0.39, 0.29) is 17.2 Å². The van der Waals surface area contributed by atoms with Crippen LogP contribution in [0.1, 0.15) is 11.7 Å². The Morgan fingerprint density at radius 2 is 2.00 bits per heavy atom. The Morgan fingerprint density at radius 1 is 1.38 bits per heavy atom. The molecule has 0 radical (unpaired) electrons. The summed E-state index contributed by atoms with van der Waals surface area (Å²) in [5, 5.41) is 18.9. The highest BCUT2D eigenvalue weighted by molar-refractivity contribution is 6.18. The summed E-state index contributed by atoms with van der Waals surface area (Å²) in [5.74, 6) is -2.38. The minimum atomic E-state index is -1.50. The van der Waals surface area contributed by atoms with E-state index in [1.807, 2.05) is 0 Å². The molecule has 0 saturated carbocycles. The van der Waals surface area contributed by atoms with Crippen LogP contribution in [-0.4, -0.2) is 29.3 Å². The van der Waals surface area contributed by atoms with Crippen LogP contribution in [0.4, 0.5) is 8.78 Å². The summed E-state index contributed by atoms with van der Waals surface area (Å²) in [6.07, 6.45) is -2.82. The van der Waals surface area contributed by atoms with E-state index in [9.17, 15) is 19.0 Å². The molecule has 0 fully saturated rings. The first kappa shape index (κ1) is 13.2. The molecule has 0 saturated heterocycles. The van der Waals surface area contributed by atoms with E-state index in [2.05, 4.69) is 0 Å². The van der Waals surface area contributed by atoms with E-state index < -0.39 is 23.8 Å². The fraction of sp³-hybridized carbons (Fsp3) is 0.400. The van der Waals surface area contributed by atoms with E-state index >= 15 is 0 Å². The van der Waals surface area contributed by atoms with Crippen LogP contribution in [0.25, 0.3) is 0 Å². The molecule has 1 aromatic carbocycles. The number of aliphatic hydroxyl groups is 2. The molecule has 0 heterocycles. The molecule has 16 heavy (non-hydrogen) atoms. The van der Waals surface area contributed by atoms with Gasteiger partial charge in [-0.2, -0.15) is 0 Å². The SMILES string of the molecule is COc1c(F)cc(F)cc1C(O)C(O)CCl. The van der Waals surface area contributed by atoms with Crippen molar-refractivity contribution in [3.63, 3.8) is 0 Å². The molecule has 2 atom stereocenters. The maximum atomic E-state index is 13.2. The summed E-state index contributed by atoms with van der Waals surface area (Å²) < 4.78 is 30.9. The molecule has 1 aromatic rings. The van der Waals surface area contributed by atoms with E-state index in [4.69, 9.17) is 16.3 Å². The Morgan fingerprint density at radius 3 is 2.50 bits per heavy atom. The minimum Gasteiger partial charge on any atom is -0.493 e. The number of halogens is 3.